The molecular formula is C24H38O7. The summed E-state index contributed by atoms with van der Waals surface area (Å²) in [6.07, 6.45) is 15.2. The molecule has 0 bridgehead atoms. The Morgan fingerprint density at radius 2 is 1.06 bits per heavy atom. The molecule has 2 N–H and O–H groups in total. The SMILES string of the molecule is CCCCCC/C=C/C(CC(=O)O)C(=O)OC(=O)C(/C=C/CCCCCC)CC(=O)O. The van der Waals surface area contributed by atoms with Crippen LogP contribution in [-0.4, -0.2) is 34.1 Å². The Labute approximate surface area is 185 Å². The highest BCUT2D eigenvalue weighted by atomic mass is 16.6. The van der Waals surface area contributed by atoms with Gasteiger partial charge >= 0.3 is 23.9 Å². The fourth-order valence-electron chi connectivity index (χ4n) is 2.99. The fraction of sp³-hybridized carbons (Fsp3) is 0.667. The van der Waals surface area contributed by atoms with Crippen LogP contribution in [0.15, 0.2) is 24.3 Å². The van der Waals surface area contributed by atoms with Crippen molar-refractivity contribution in [1.29, 1.82) is 0 Å². The lowest BCUT2D eigenvalue weighted by Crippen LogP contribution is -2.27. The van der Waals surface area contributed by atoms with Gasteiger partial charge in [-0.25, -0.2) is 0 Å². The number of rotatable bonds is 18. The molecule has 2 unspecified atom stereocenters. The number of carbonyl (C=O) groups excluding carboxylic acids is 2. The van der Waals surface area contributed by atoms with Gasteiger partial charge < -0.3 is 14.9 Å². The van der Waals surface area contributed by atoms with Crippen LogP contribution in [-0.2, 0) is 23.9 Å². The Morgan fingerprint density at radius 3 is 1.39 bits per heavy atom. The van der Waals surface area contributed by atoms with Crippen molar-refractivity contribution in [3.63, 3.8) is 0 Å². The Bertz CT molecular complexity index is 555. The summed E-state index contributed by atoms with van der Waals surface area (Å²) in [6, 6.07) is 0. The molecule has 0 aliphatic heterocycles. The van der Waals surface area contributed by atoms with E-state index in [1.807, 2.05) is 0 Å². The monoisotopic (exact) mass is 438 g/mol. The van der Waals surface area contributed by atoms with Gasteiger partial charge in [0, 0.05) is 0 Å². The van der Waals surface area contributed by atoms with Gasteiger partial charge in [-0.2, -0.15) is 0 Å². The van der Waals surface area contributed by atoms with E-state index < -0.39 is 48.6 Å². The first-order chi connectivity index (χ1) is 14.8. The molecule has 0 aromatic rings. The van der Waals surface area contributed by atoms with Gasteiger partial charge in [0.1, 0.15) is 0 Å². The van der Waals surface area contributed by atoms with Gasteiger partial charge in [0.25, 0.3) is 0 Å². The minimum absolute atomic E-state index is 0.492. The van der Waals surface area contributed by atoms with E-state index >= 15 is 0 Å². The lowest BCUT2D eigenvalue weighted by Gasteiger charge is -2.13. The van der Waals surface area contributed by atoms with E-state index in [9.17, 15) is 19.2 Å². The average Bonchev–Trinajstić information content (AvgIpc) is 2.70. The van der Waals surface area contributed by atoms with Crippen LogP contribution >= 0.6 is 0 Å². The van der Waals surface area contributed by atoms with Crippen LogP contribution in [0.4, 0.5) is 0 Å². The first-order valence-electron chi connectivity index (χ1n) is 11.3. The number of hydrogen-bond acceptors (Lipinski definition) is 5. The molecule has 0 rings (SSSR count). The lowest BCUT2D eigenvalue weighted by atomic mass is 10.0. The van der Waals surface area contributed by atoms with Crippen molar-refractivity contribution >= 4 is 23.9 Å². The zero-order valence-electron chi connectivity index (χ0n) is 18.9. The molecular weight excluding hydrogens is 400 g/mol. The Morgan fingerprint density at radius 1 is 0.677 bits per heavy atom. The van der Waals surface area contributed by atoms with Gasteiger partial charge in [-0.1, -0.05) is 76.7 Å². The number of carboxylic acid groups (broad SMARTS) is 2. The van der Waals surface area contributed by atoms with Crippen LogP contribution < -0.4 is 0 Å². The Kier molecular flexibility index (Phi) is 16.9. The molecule has 0 radical (unpaired) electrons. The number of carboxylic acids is 2. The van der Waals surface area contributed by atoms with Crippen LogP contribution in [0.25, 0.3) is 0 Å². The standard InChI is InChI=1S/C24H38O7/c1-3-5-7-9-11-13-15-19(17-21(25)26)23(29)31-24(30)20(18-22(27)28)16-14-12-10-8-6-4-2/h13-16,19-20H,3-12,17-18H2,1-2H3,(H,25,26)(H,27,28)/b15-13+,16-14+. The summed E-state index contributed by atoms with van der Waals surface area (Å²) in [5.41, 5.74) is 0. The number of ether oxygens (including phenoxy) is 1. The van der Waals surface area contributed by atoms with Crippen LogP contribution in [0.1, 0.15) is 90.9 Å². The summed E-state index contributed by atoms with van der Waals surface area (Å²) in [6.45, 7) is 4.20. The lowest BCUT2D eigenvalue weighted by molar-refractivity contribution is -0.166. The van der Waals surface area contributed by atoms with E-state index in [1.165, 1.54) is 12.2 Å². The van der Waals surface area contributed by atoms with E-state index in [-0.39, 0.29) is 0 Å². The van der Waals surface area contributed by atoms with Crippen LogP contribution in [0.5, 0.6) is 0 Å². The molecule has 0 amide bonds. The highest BCUT2D eigenvalue weighted by molar-refractivity contribution is 5.92. The van der Waals surface area contributed by atoms with E-state index in [0.717, 1.165) is 51.4 Å². The fourth-order valence-corrected chi connectivity index (χ4v) is 2.99. The molecule has 0 spiro atoms. The number of allylic oxidation sites excluding steroid dienone is 2. The predicted octanol–water partition coefficient (Wildman–Crippen LogP) is 5.29. The number of esters is 2. The molecule has 31 heavy (non-hydrogen) atoms. The summed E-state index contributed by atoms with van der Waals surface area (Å²) in [5, 5.41) is 18.1. The van der Waals surface area contributed by atoms with Gasteiger partial charge in [-0.3, -0.25) is 19.2 Å². The number of hydrogen-bond donors (Lipinski definition) is 2. The van der Waals surface area contributed by atoms with Crippen molar-refractivity contribution < 1.29 is 34.1 Å². The van der Waals surface area contributed by atoms with Crippen LogP contribution in [0.3, 0.4) is 0 Å². The topological polar surface area (TPSA) is 118 Å². The molecule has 0 saturated carbocycles. The largest absolute Gasteiger partial charge is 0.481 e. The second kappa shape index (κ2) is 18.3. The molecule has 0 saturated heterocycles. The van der Waals surface area contributed by atoms with Crippen molar-refractivity contribution in [1.82, 2.24) is 0 Å². The van der Waals surface area contributed by atoms with Gasteiger partial charge in [0.05, 0.1) is 24.7 Å². The maximum Gasteiger partial charge on any atom is 0.321 e. The molecule has 176 valence electrons. The minimum Gasteiger partial charge on any atom is -0.481 e. The predicted molar refractivity (Wildman–Crippen MR) is 118 cm³/mol. The normalized spacial score (nSPS) is 13.4. The third kappa shape index (κ3) is 16.0. The Balaban J connectivity index is 4.91. The first-order valence-corrected chi connectivity index (χ1v) is 11.3. The zero-order chi connectivity index (χ0) is 23.5. The minimum atomic E-state index is -1.18. The molecule has 0 heterocycles. The van der Waals surface area contributed by atoms with Crippen molar-refractivity contribution in [2.24, 2.45) is 11.8 Å². The third-order valence-electron chi connectivity index (χ3n) is 4.78. The molecule has 7 heteroatoms. The van der Waals surface area contributed by atoms with Crippen molar-refractivity contribution in [3.8, 4) is 0 Å². The summed E-state index contributed by atoms with van der Waals surface area (Å²) < 4.78 is 4.86. The molecule has 0 fully saturated rings. The third-order valence-corrected chi connectivity index (χ3v) is 4.78. The maximum atomic E-state index is 12.4. The maximum absolute atomic E-state index is 12.4. The van der Waals surface area contributed by atoms with Crippen molar-refractivity contribution in [2.75, 3.05) is 0 Å². The smallest absolute Gasteiger partial charge is 0.321 e. The molecule has 0 aromatic heterocycles. The van der Waals surface area contributed by atoms with E-state index in [1.54, 1.807) is 12.2 Å². The molecule has 0 aliphatic rings. The van der Waals surface area contributed by atoms with Crippen molar-refractivity contribution in [2.45, 2.75) is 90.9 Å². The average molecular weight is 439 g/mol. The van der Waals surface area contributed by atoms with Gasteiger partial charge in [0.2, 0.25) is 0 Å². The summed E-state index contributed by atoms with van der Waals surface area (Å²) in [7, 11) is 0. The summed E-state index contributed by atoms with van der Waals surface area (Å²) in [5.74, 6) is -6.47. The van der Waals surface area contributed by atoms with Crippen LogP contribution in [0.2, 0.25) is 0 Å². The highest BCUT2D eigenvalue weighted by Crippen LogP contribution is 2.15. The zero-order valence-corrected chi connectivity index (χ0v) is 18.9. The second-order valence-corrected chi connectivity index (χ2v) is 7.70. The second-order valence-electron chi connectivity index (χ2n) is 7.70. The Hall–Kier alpha value is -2.44. The summed E-state index contributed by atoms with van der Waals surface area (Å²) in [4.78, 5) is 46.9. The first kappa shape index (κ1) is 28.6. The number of unbranched alkanes of at least 4 members (excludes halogenated alkanes) is 8. The number of aliphatic carboxylic acids is 2. The van der Waals surface area contributed by atoms with Crippen molar-refractivity contribution in [3.05, 3.63) is 24.3 Å². The van der Waals surface area contributed by atoms with E-state index in [0.29, 0.717) is 12.8 Å². The van der Waals surface area contributed by atoms with Crippen LogP contribution in [0, 0.1) is 11.8 Å². The van der Waals surface area contributed by atoms with E-state index in [2.05, 4.69) is 13.8 Å². The highest BCUT2D eigenvalue weighted by Gasteiger charge is 2.27. The molecule has 7 nitrogen and oxygen atoms in total. The van der Waals surface area contributed by atoms with Gasteiger partial charge in [-0.15, -0.1) is 0 Å². The molecule has 2 atom stereocenters. The van der Waals surface area contributed by atoms with Gasteiger partial charge in [0.15, 0.2) is 0 Å². The van der Waals surface area contributed by atoms with E-state index in [4.69, 9.17) is 14.9 Å². The quantitative estimate of drug-likeness (QED) is 0.129. The summed E-state index contributed by atoms with van der Waals surface area (Å²) >= 11 is 0. The molecule has 0 aliphatic carbocycles. The number of carbonyl (C=O) groups is 4. The molecule has 0 aromatic carbocycles. The van der Waals surface area contributed by atoms with Gasteiger partial charge in [-0.05, 0) is 25.7 Å².